The zero-order valence-corrected chi connectivity index (χ0v) is 18.0. The summed E-state index contributed by atoms with van der Waals surface area (Å²) in [6.07, 6.45) is 0. The van der Waals surface area contributed by atoms with E-state index < -0.39 is 10.0 Å². The van der Waals surface area contributed by atoms with Gasteiger partial charge in [0.2, 0.25) is 10.0 Å². The van der Waals surface area contributed by atoms with Crippen molar-refractivity contribution in [2.75, 3.05) is 19.4 Å². The second-order valence-corrected chi connectivity index (χ2v) is 9.58. The van der Waals surface area contributed by atoms with Crippen molar-refractivity contribution in [3.05, 3.63) is 56.5 Å². The number of thioether (sulfide) groups is 1. The largest absolute Gasteiger partial charge is 0.495 e. The first kappa shape index (κ1) is 20.9. The highest BCUT2D eigenvalue weighted by atomic mass is 79.9. The smallest absolute Gasteiger partial charge is 0.244 e. The van der Waals surface area contributed by atoms with E-state index in [0.717, 1.165) is 5.56 Å². The second kappa shape index (κ2) is 9.48. The average molecular weight is 485 g/mol. The molecule has 4 nitrogen and oxygen atoms in total. The maximum atomic E-state index is 12.4. The number of methoxy groups -OCH3 is 1. The van der Waals surface area contributed by atoms with Gasteiger partial charge >= 0.3 is 0 Å². The molecule has 0 heterocycles. The monoisotopic (exact) mass is 483 g/mol. The van der Waals surface area contributed by atoms with Crippen molar-refractivity contribution >= 4 is 60.9 Å². The molecule has 0 saturated carbocycles. The van der Waals surface area contributed by atoms with Crippen LogP contribution in [0.3, 0.4) is 0 Å². The zero-order chi connectivity index (χ0) is 18.4. The molecule has 0 fully saturated rings. The highest BCUT2D eigenvalue weighted by Gasteiger charge is 2.19. The van der Waals surface area contributed by atoms with Gasteiger partial charge in [-0.05, 0) is 35.9 Å². The lowest BCUT2D eigenvalue weighted by Gasteiger charge is -2.11. The summed E-state index contributed by atoms with van der Waals surface area (Å²) in [4.78, 5) is 0.107. The van der Waals surface area contributed by atoms with E-state index in [1.54, 1.807) is 36.0 Å². The molecule has 0 bridgehead atoms. The molecule has 0 aliphatic heterocycles. The number of ether oxygens (including phenoxy) is 1. The van der Waals surface area contributed by atoms with Gasteiger partial charge in [0.15, 0.2) is 0 Å². The fraction of sp³-hybridized carbons (Fsp3) is 0.250. The van der Waals surface area contributed by atoms with Gasteiger partial charge in [0.25, 0.3) is 0 Å². The van der Waals surface area contributed by atoms with Crippen molar-refractivity contribution in [3.63, 3.8) is 0 Å². The number of hydrogen-bond donors (Lipinski definition) is 1. The maximum Gasteiger partial charge on any atom is 0.244 e. The third kappa shape index (κ3) is 6.05. The maximum absolute atomic E-state index is 12.4. The molecule has 9 heteroatoms. The predicted octanol–water partition coefficient (Wildman–Crippen LogP) is 4.98. The fourth-order valence-corrected chi connectivity index (χ4v) is 5.29. The van der Waals surface area contributed by atoms with Gasteiger partial charge in [-0.15, -0.1) is 0 Å². The number of benzene rings is 2. The average Bonchev–Trinajstić information content (AvgIpc) is 2.56. The Hall–Kier alpha value is -0.440. The molecule has 0 unspecified atom stereocenters. The molecule has 0 aromatic heterocycles. The van der Waals surface area contributed by atoms with Crippen molar-refractivity contribution < 1.29 is 13.2 Å². The van der Waals surface area contributed by atoms with Crippen LogP contribution in [0.15, 0.2) is 45.8 Å². The highest BCUT2D eigenvalue weighted by molar-refractivity contribution is 9.10. The summed E-state index contributed by atoms with van der Waals surface area (Å²) in [5.41, 5.74) is 0.965. The first-order valence-corrected chi connectivity index (χ1v) is 11.4. The summed E-state index contributed by atoms with van der Waals surface area (Å²) in [6.45, 7) is 0.299. The Morgan fingerprint density at radius 2 is 1.96 bits per heavy atom. The number of nitrogens with one attached hydrogen (secondary N) is 1. The molecule has 2 aromatic carbocycles. The van der Waals surface area contributed by atoms with E-state index in [-0.39, 0.29) is 4.90 Å². The minimum Gasteiger partial charge on any atom is -0.495 e. The third-order valence-corrected chi connectivity index (χ3v) is 6.80. The van der Waals surface area contributed by atoms with Crippen LogP contribution < -0.4 is 9.46 Å². The molecule has 136 valence electrons. The van der Waals surface area contributed by atoms with E-state index in [1.807, 2.05) is 6.07 Å². The molecule has 0 spiro atoms. The molecule has 0 radical (unpaired) electrons. The zero-order valence-electron chi connectivity index (χ0n) is 13.3. The van der Waals surface area contributed by atoms with Crippen LogP contribution in [0, 0.1) is 0 Å². The Bertz CT molecular complexity index is 847. The van der Waals surface area contributed by atoms with Crippen LogP contribution in [0.2, 0.25) is 10.0 Å². The van der Waals surface area contributed by atoms with Gasteiger partial charge in [-0.1, -0.05) is 45.2 Å². The molecule has 0 saturated heterocycles. The van der Waals surface area contributed by atoms with E-state index in [2.05, 4.69) is 20.7 Å². The molecular weight excluding hydrogens is 469 g/mol. The lowest BCUT2D eigenvalue weighted by atomic mass is 10.2. The van der Waals surface area contributed by atoms with Gasteiger partial charge in [0, 0.05) is 32.6 Å². The summed E-state index contributed by atoms with van der Waals surface area (Å²) < 4.78 is 33.2. The fourth-order valence-electron chi connectivity index (χ4n) is 2.01. The van der Waals surface area contributed by atoms with E-state index >= 15 is 0 Å². The molecular formula is C16H16BrCl2NO3S2. The van der Waals surface area contributed by atoms with Crippen LogP contribution in [0.1, 0.15) is 5.56 Å². The summed E-state index contributed by atoms with van der Waals surface area (Å²) >= 11 is 16.8. The molecule has 2 rings (SSSR count). The van der Waals surface area contributed by atoms with Crippen LogP contribution in [0.25, 0.3) is 0 Å². The third-order valence-electron chi connectivity index (χ3n) is 3.23. The van der Waals surface area contributed by atoms with E-state index in [1.165, 1.54) is 13.2 Å². The SMILES string of the molecule is COc1ccc(Br)cc1S(=O)(=O)NCCSCc1ccc(Cl)cc1Cl. The Labute approximate surface area is 170 Å². The molecule has 0 atom stereocenters. The van der Waals surface area contributed by atoms with Crippen molar-refractivity contribution in [1.29, 1.82) is 0 Å². The van der Waals surface area contributed by atoms with Crippen molar-refractivity contribution in [3.8, 4) is 5.75 Å². The van der Waals surface area contributed by atoms with Gasteiger partial charge in [0.05, 0.1) is 7.11 Å². The molecule has 2 aromatic rings. The van der Waals surface area contributed by atoms with Gasteiger partial charge in [-0.2, -0.15) is 11.8 Å². The standard InChI is InChI=1S/C16H16BrCl2NO3S2/c1-23-15-5-3-12(17)8-16(15)25(21,22)20-6-7-24-10-11-2-4-13(18)9-14(11)19/h2-5,8-9,20H,6-7,10H2,1H3. The van der Waals surface area contributed by atoms with E-state index in [4.69, 9.17) is 27.9 Å². The molecule has 0 aliphatic carbocycles. The first-order chi connectivity index (χ1) is 11.8. The number of halogens is 3. The van der Waals surface area contributed by atoms with Crippen LogP contribution in [0.5, 0.6) is 5.75 Å². The summed E-state index contributed by atoms with van der Waals surface area (Å²) in [5, 5.41) is 1.20. The van der Waals surface area contributed by atoms with Crippen LogP contribution >= 0.6 is 50.9 Å². The molecule has 1 N–H and O–H groups in total. The van der Waals surface area contributed by atoms with Crippen LogP contribution in [-0.2, 0) is 15.8 Å². The number of sulfonamides is 1. The summed E-state index contributed by atoms with van der Waals surface area (Å²) in [6, 6.07) is 10.2. The summed E-state index contributed by atoms with van der Waals surface area (Å²) in [7, 11) is -2.21. The first-order valence-electron chi connectivity index (χ1n) is 7.18. The van der Waals surface area contributed by atoms with Crippen molar-refractivity contribution in [2.24, 2.45) is 0 Å². The molecule has 25 heavy (non-hydrogen) atoms. The Balaban J connectivity index is 1.89. The second-order valence-electron chi connectivity index (χ2n) is 4.98. The summed E-state index contributed by atoms with van der Waals surface area (Å²) in [5.74, 6) is 1.59. The van der Waals surface area contributed by atoms with Crippen LogP contribution in [-0.4, -0.2) is 27.8 Å². The van der Waals surface area contributed by atoms with Gasteiger partial charge < -0.3 is 4.74 Å². The minimum absolute atomic E-state index is 0.107. The minimum atomic E-state index is -3.65. The van der Waals surface area contributed by atoms with Crippen LogP contribution in [0.4, 0.5) is 0 Å². The van der Waals surface area contributed by atoms with Gasteiger partial charge in [0.1, 0.15) is 10.6 Å². The Kier molecular flexibility index (Phi) is 7.91. The lowest BCUT2D eigenvalue weighted by molar-refractivity contribution is 0.402. The van der Waals surface area contributed by atoms with Gasteiger partial charge in [-0.3, -0.25) is 0 Å². The highest BCUT2D eigenvalue weighted by Crippen LogP contribution is 2.27. The Morgan fingerprint density at radius 1 is 1.20 bits per heavy atom. The van der Waals surface area contributed by atoms with Gasteiger partial charge in [-0.25, -0.2) is 13.1 Å². The number of hydrogen-bond acceptors (Lipinski definition) is 4. The molecule has 0 amide bonds. The predicted molar refractivity (Wildman–Crippen MR) is 109 cm³/mol. The lowest BCUT2D eigenvalue weighted by Crippen LogP contribution is -2.26. The normalized spacial score (nSPS) is 11.5. The number of rotatable bonds is 8. The molecule has 0 aliphatic rings. The Morgan fingerprint density at radius 3 is 2.64 bits per heavy atom. The van der Waals surface area contributed by atoms with Crippen molar-refractivity contribution in [1.82, 2.24) is 4.72 Å². The van der Waals surface area contributed by atoms with E-state index in [0.29, 0.717) is 38.3 Å². The van der Waals surface area contributed by atoms with E-state index in [9.17, 15) is 8.42 Å². The van der Waals surface area contributed by atoms with Crippen molar-refractivity contribution in [2.45, 2.75) is 10.6 Å². The topological polar surface area (TPSA) is 55.4 Å². The quantitative estimate of drug-likeness (QED) is 0.537.